The lowest BCUT2D eigenvalue weighted by Gasteiger charge is -2.28. The van der Waals surface area contributed by atoms with Crippen molar-refractivity contribution >= 4 is 39.9 Å². The van der Waals surface area contributed by atoms with Gasteiger partial charge in [0, 0.05) is 34.7 Å². The largest absolute Gasteiger partial charge is 0.482 e. The summed E-state index contributed by atoms with van der Waals surface area (Å²) >= 11 is 6.04. The van der Waals surface area contributed by atoms with E-state index in [9.17, 15) is 9.59 Å². The standard InChI is InChI=1S/C19H15ClN2O3/c1-21-9-14(13-4-2-3-5-15(13)21)17(23)10-22-16-8-12(20)6-7-18(16)25-11-19(22)24/h2-9H,10-11H2,1H3. The number of benzene rings is 2. The molecule has 6 heteroatoms. The predicted octanol–water partition coefficient (Wildman–Crippen LogP) is 3.44. The van der Waals surface area contributed by atoms with Crippen LogP contribution in [0, 0.1) is 0 Å². The maximum absolute atomic E-state index is 12.9. The molecule has 0 unspecified atom stereocenters. The van der Waals surface area contributed by atoms with Gasteiger partial charge in [-0.2, -0.15) is 0 Å². The first-order valence-electron chi connectivity index (χ1n) is 7.84. The molecule has 2 heterocycles. The van der Waals surface area contributed by atoms with E-state index in [2.05, 4.69) is 0 Å². The van der Waals surface area contributed by atoms with Gasteiger partial charge in [-0.1, -0.05) is 29.8 Å². The van der Waals surface area contributed by atoms with E-state index in [1.54, 1.807) is 24.4 Å². The van der Waals surface area contributed by atoms with Crippen molar-refractivity contribution in [2.75, 3.05) is 18.1 Å². The van der Waals surface area contributed by atoms with Crippen LogP contribution in [0.4, 0.5) is 5.69 Å². The van der Waals surface area contributed by atoms with Gasteiger partial charge in [-0.05, 0) is 24.3 Å². The maximum atomic E-state index is 12.9. The fraction of sp³-hybridized carbons (Fsp3) is 0.158. The Morgan fingerprint density at radius 2 is 2.04 bits per heavy atom. The van der Waals surface area contributed by atoms with E-state index in [4.69, 9.17) is 16.3 Å². The number of aromatic nitrogens is 1. The van der Waals surface area contributed by atoms with E-state index in [1.165, 1.54) is 4.90 Å². The summed E-state index contributed by atoms with van der Waals surface area (Å²) in [6.07, 6.45) is 1.80. The summed E-state index contributed by atoms with van der Waals surface area (Å²) in [6, 6.07) is 12.7. The third kappa shape index (κ3) is 2.66. The lowest BCUT2D eigenvalue weighted by Crippen LogP contribution is -2.42. The monoisotopic (exact) mass is 354 g/mol. The van der Waals surface area contributed by atoms with Crippen LogP contribution in [0.5, 0.6) is 5.75 Å². The molecule has 4 rings (SSSR count). The zero-order chi connectivity index (χ0) is 17.6. The summed E-state index contributed by atoms with van der Waals surface area (Å²) in [5.41, 5.74) is 2.10. The SMILES string of the molecule is Cn1cc(C(=O)CN2C(=O)COc3ccc(Cl)cc32)c2ccccc21. The number of carbonyl (C=O) groups excluding carboxylic acids is 2. The zero-order valence-corrected chi connectivity index (χ0v) is 14.3. The van der Waals surface area contributed by atoms with Gasteiger partial charge in [-0.3, -0.25) is 14.5 Å². The number of carbonyl (C=O) groups is 2. The fourth-order valence-corrected chi connectivity index (χ4v) is 3.31. The Balaban J connectivity index is 1.71. The van der Waals surface area contributed by atoms with Crippen LogP contribution in [0.3, 0.4) is 0 Å². The zero-order valence-electron chi connectivity index (χ0n) is 13.5. The van der Waals surface area contributed by atoms with Crippen molar-refractivity contribution in [3.8, 4) is 5.75 Å². The highest BCUT2D eigenvalue weighted by Crippen LogP contribution is 2.34. The van der Waals surface area contributed by atoms with Gasteiger partial charge in [0.1, 0.15) is 5.75 Å². The number of halogens is 1. The van der Waals surface area contributed by atoms with Gasteiger partial charge < -0.3 is 9.30 Å². The van der Waals surface area contributed by atoms with Crippen LogP contribution in [-0.2, 0) is 11.8 Å². The molecule has 0 bridgehead atoms. The Bertz CT molecular complexity index is 1010. The highest BCUT2D eigenvalue weighted by molar-refractivity contribution is 6.31. The number of hydrogen-bond acceptors (Lipinski definition) is 3. The van der Waals surface area contributed by atoms with Crippen LogP contribution in [0.2, 0.25) is 5.02 Å². The van der Waals surface area contributed by atoms with Crippen LogP contribution in [0.1, 0.15) is 10.4 Å². The first-order valence-corrected chi connectivity index (χ1v) is 8.22. The molecule has 25 heavy (non-hydrogen) atoms. The van der Waals surface area contributed by atoms with Crippen LogP contribution in [-0.4, -0.2) is 29.4 Å². The van der Waals surface area contributed by atoms with Crippen LogP contribution in [0.25, 0.3) is 10.9 Å². The van der Waals surface area contributed by atoms with Gasteiger partial charge in [-0.15, -0.1) is 0 Å². The molecule has 1 aromatic heterocycles. The van der Waals surface area contributed by atoms with Crippen molar-refractivity contribution in [1.82, 2.24) is 4.57 Å². The highest BCUT2D eigenvalue weighted by Gasteiger charge is 2.28. The van der Waals surface area contributed by atoms with Gasteiger partial charge in [-0.25, -0.2) is 0 Å². The molecule has 126 valence electrons. The molecule has 0 spiro atoms. The fourth-order valence-electron chi connectivity index (χ4n) is 3.14. The topological polar surface area (TPSA) is 51.5 Å². The first-order chi connectivity index (χ1) is 12.0. The molecule has 0 N–H and O–H groups in total. The predicted molar refractivity (Wildman–Crippen MR) is 96.5 cm³/mol. The summed E-state index contributed by atoms with van der Waals surface area (Å²) < 4.78 is 7.33. The second-order valence-corrected chi connectivity index (χ2v) is 6.41. The van der Waals surface area contributed by atoms with Crippen molar-refractivity contribution < 1.29 is 14.3 Å². The van der Waals surface area contributed by atoms with E-state index in [0.29, 0.717) is 22.0 Å². The number of aryl methyl sites for hydroxylation is 1. The van der Waals surface area contributed by atoms with E-state index in [0.717, 1.165) is 10.9 Å². The Hall–Kier alpha value is -2.79. The van der Waals surface area contributed by atoms with Crippen LogP contribution >= 0.6 is 11.6 Å². The number of ketones is 1. The molecule has 1 aliphatic heterocycles. The van der Waals surface area contributed by atoms with Crippen molar-refractivity contribution in [3.63, 3.8) is 0 Å². The number of ether oxygens (including phenoxy) is 1. The van der Waals surface area contributed by atoms with Gasteiger partial charge in [0.25, 0.3) is 5.91 Å². The van der Waals surface area contributed by atoms with Crippen molar-refractivity contribution in [1.29, 1.82) is 0 Å². The molecule has 2 aromatic carbocycles. The number of anilines is 1. The average Bonchev–Trinajstić information content (AvgIpc) is 2.95. The molecule has 3 aromatic rings. The van der Waals surface area contributed by atoms with E-state index in [-0.39, 0.29) is 24.8 Å². The molecule has 0 saturated heterocycles. The highest BCUT2D eigenvalue weighted by atomic mass is 35.5. The Morgan fingerprint density at radius 1 is 1.24 bits per heavy atom. The maximum Gasteiger partial charge on any atom is 0.265 e. The second-order valence-electron chi connectivity index (χ2n) is 5.97. The number of rotatable bonds is 3. The molecule has 0 atom stereocenters. The summed E-state index contributed by atoms with van der Waals surface area (Å²) in [5.74, 6) is 0.163. The molecule has 0 radical (unpaired) electrons. The first kappa shape index (κ1) is 15.7. The van der Waals surface area contributed by atoms with Gasteiger partial charge in [0.05, 0.1) is 12.2 Å². The molecular weight excluding hydrogens is 340 g/mol. The van der Waals surface area contributed by atoms with Crippen molar-refractivity contribution in [2.45, 2.75) is 0 Å². The van der Waals surface area contributed by atoms with Gasteiger partial charge in [0.15, 0.2) is 12.4 Å². The number of nitrogens with zero attached hydrogens (tertiary/aromatic N) is 2. The quantitative estimate of drug-likeness (QED) is 0.677. The molecule has 5 nitrogen and oxygen atoms in total. The van der Waals surface area contributed by atoms with E-state index >= 15 is 0 Å². The Kier molecular flexibility index (Phi) is 3.73. The lowest BCUT2D eigenvalue weighted by atomic mass is 10.1. The average molecular weight is 355 g/mol. The second kappa shape index (κ2) is 5.93. The van der Waals surface area contributed by atoms with Gasteiger partial charge in [0.2, 0.25) is 0 Å². The molecule has 0 saturated carbocycles. The number of fused-ring (bicyclic) bond motifs is 2. The Labute approximate surface area is 149 Å². The van der Waals surface area contributed by atoms with E-state index in [1.807, 2.05) is 35.9 Å². The van der Waals surface area contributed by atoms with Gasteiger partial charge >= 0.3 is 0 Å². The normalized spacial score (nSPS) is 13.7. The molecular formula is C19H15ClN2O3. The number of para-hydroxylation sites is 1. The smallest absolute Gasteiger partial charge is 0.265 e. The van der Waals surface area contributed by atoms with Crippen molar-refractivity contribution in [2.24, 2.45) is 7.05 Å². The van der Waals surface area contributed by atoms with E-state index < -0.39 is 0 Å². The number of amides is 1. The number of hydrogen-bond donors (Lipinski definition) is 0. The van der Waals surface area contributed by atoms with Crippen LogP contribution < -0.4 is 9.64 Å². The summed E-state index contributed by atoms with van der Waals surface area (Å²) in [5, 5.41) is 1.36. The molecule has 0 aliphatic carbocycles. The minimum Gasteiger partial charge on any atom is -0.482 e. The summed E-state index contributed by atoms with van der Waals surface area (Å²) in [7, 11) is 1.90. The third-order valence-electron chi connectivity index (χ3n) is 4.36. The third-order valence-corrected chi connectivity index (χ3v) is 4.60. The lowest BCUT2D eigenvalue weighted by molar-refractivity contribution is -0.121. The molecule has 1 aliphatic rings. The number of Topliss-reactive ketones (excluding diaryl/α,β-unsaturated/α-hetero) is 1. The summed E-state index contributed by atoms with van der Waals surface area (Å²) in [4.78, 5) is 26.6. The Morgan fingerprint density at radius 3 is 2.88 bits per heavy atom. The molecule has 1 amide bonds. The minimum absolute atomic E-state index is 0.0520. The minimum atomic E-state index is -0.261. The van der Waals surface area contributed by atoms with Crippen molar-refractivity contribution in [3.05, 3.63) is 59.2 Å². The summed E-state index contributed by atoms with van der Waals surface area (Å²) in [6.45, 7) is -0.138. The van der Waals surface area contributed by atoms with Crippen LogP contribution in [0.15, 0.2) is 48.7 Å². The molecule has 0 fully saturated rings.